The van der Waals surface area contributed by atoms with Gasteiger partial charge in [0.25, 0.3) is 0 Å². The molecule has 3 rings (SSSR count). The highest BCUT2D eigenvalue weighted by Crippen LogP contribution is 2.25. The Kier molecular flexibility index (Phi) is 3.69. The summed E-state index contributed by atoms with van der Waals surface area (Å²) in [6.45, 7) is 3.22. The normalized spacial score (nSPS) is 17.0. The van der Waals surface area contributed by atoms with Gasteiger partial charge in [0.2, 0.25) is 5.91 Å². The van der Waals surface area contributed by atoms with Crippen LogP contribution >= 0.6 is 0 Å². The van der Waals surface area contributed by atoms with Crippen LogP contribution in [-0.2, 0) is 17.8 Å². The van der Waals surface area contributed by atoms with E-state index in [1.165, 1.54) is 5.56 Å². The van der Waals surface area contributed by atoms with Crippen LogP contribution in [0.15, 0.2) is 41.0 Å². The fraction of sp³-hybridized carbons (Fsp3) is 0.353. The van der Waals surface area contributed by atoms with E-state index in [4.69, 9.17) is 4.42 Å². The second-order valence-electron chi connectivity index (χ2n) is 5.64. The molecule has 1 aromatic heterocycles. The first kappa shape index (κ1) is 13.7. The summed E-state index contributed by atoms with van der Waals surface area (Å²) in [5, 5.41) is 3.35. The first-order valence-electron chi connectivity index (χ1n) is 7.25. The lowest BCUT2D eigenvalue weighted by Gasteiger charge is -2.29. The number of furan rings is 1. The third-order valence-electron chi connectivity index (χ3n) is 4.12. The number of hydrogen-bond donors (Lipinski definition) is 1. The molecule has 0 fully saturated rings. The molecule has 2 aromatic rings. The number of amides is 1. The fourth-order valence-corrected chi connectivity index (χ4v) is 2.84. The van der Waals surface area contributed by atoms with Crippen molar-refractivity contribution in [3.8, 4) is 0 Å². The van der Waals surface area contributed by atoms with Crippen LogP contribution in [0.2, 0.25) is 0 Å². The molecule has 110 valence electrons. The molecule has 1 aliphatic rings. The number of rotatable bonds is 3. The van der Waals surface area contributed by atoms with E-state index in [1.807, 2.05) is 32.2 Å². The van der Waals surface area contributed by atoms with E-state index in [2.05, 4.69) is 17.4 Å². The average molecular weight is 284 g/mol. The Morgan fingerprint density at radius 2 is 2.19 bits per heavy atom. The fourth-order valence-electron chi connectivity index (χ4n) is 2.84. The topological polar surface area (TPSA) is 45.5 Å². The van der Waals surface area contributed by atoms with Crippen LogP contribution in [0.5, 0.6) is 0 Å². The van der Waals surface area contributed by atoms with Gasteiger partial charge < -0.3 is 14.6 Å². The minimum atomic E-state index is -0.00268. The van der Waals surface area contributed by atoms with E-state index in [9.17, 15) is 4.79 Å². The lowest BCUT2D eigenvalue weighted by molar-refractivity contribution is -0.134. The Hall–Kier alpha value is -2.23. The molecule has 1 atom stereocenters. The molecule has 4 nitrogen and oxygen atoms in total. The maximum Gasteiger partial charge on any atom is 0.227 e. The van der Waals surface area contributed by atoms with Crippen LogP contribution in [0.1, 0.15) is 16.9 Å². The monoisotopic (exact) mass is 284 g/mol. The number of para-hydroxylation sites is 1. The number of nitrogens with zero attached hydrogens (tertiary/aromatic N) is 1. The first-order chi connectivity index (χ1) is 10.1. The molecule has 1 N–H and O–H groups in total. The summed E-state index contributed by atoms with van der Waals surface area (Å²) in [7, 11) is 1.86. The van der Waals surface area contributed by atoms with Gasteiger partial charge in [-0.05, 0) is 31.0 Å². The van der Waals surface area contributed by atoms with Crippen LogP contribution in [0.3, 0.4) is 0 Å². The van der Waals surface area contributed by atoms with Gasteiger partial charge in [-0.15, -0.1) is 0 Å². The summed E-state index contributed by atoms with van der Waals surface area (Å²) in [5.74, 6) is 1.05. The zero-order valence-corrected chi connectivity index (χ0v) is 12.4. The molecule has 0 bridgehead atoms. The van der Waals surface area contributed by atoms with Gasteiger partial charge in [0.05, 0.1) is 12.2 Å². The summed E-state index contributed by atoms with van der Waals surface area (Å²) in [6, 6.07) is 10.1. The standard InChI is InChI=1S/C17H20N2O2/c1-12-14(7-8-21-12)11-19(2)17(20)15-9-13-5-3-4-6-16(13)18-10-15/h3-8,15,18H,9-11H2,1-2H3. The van der Waals surface area contributed by atoms with E-state index in [1.54, 1.807) is 11.2 Å². The number of fused-ring (bicyclic) bond motifs is 1. The molecule has 0 aliphatic carbocycles. The van der Waals surface area contributed by atoms with Crippen molar-refractivity contribution < 1.29 is 9.21 Å². The Morgan fingerprint density at radius 1 is 1.38 bits per heavy atom. The molecule has 1 amide bonds. The van der Waals surface area contributed by atoms with Crippen molar-refractivity contribution in [3.63, 3.8) is 0 Å². The predicted octanol–water partition coefficient (Wildman–Crippen LogP) is 2.83. The van der Waals surface area contributed by atoms with Crippen LogP contribution in [0, 0.1) is 12.8 Å². The maximum atomic E-state index is 12.6. The van der Waals surface area contributed by atoms with Gasteiger partial charge >= 0.3 is 0 Å². The summed E-state index contributed by atoms with van der Waals surface area (Å²) in [4.78, 5) is 14.4. The summed E-state index contributed by atoms with van der Waals surface area (Å²) in [5.41, 5.74) is 3.43. The zero-order chi connectivity index (χ0) is 14.8. The Labute approximate surface area is 124 Å². The van der Waals surface area contributed by atoms with Gasteiger partial charge in [-0.3, -0.25) is 4.79 Å². The molecule has 1 aliphatic heterocycles. The van der Waals surface area contributed by atoms with Crippen molar-refractivity contribution >= 4 is 11.6 Å². The van der Waals surface area contributed by atoms with Crippen molar-refractivity contribution in [2.45, 2.75) is 19.9 Å². The molecule has 1 aromatic carbocycles. The number of carbonyl (C=O) groups excluding carboxylic acids is 1. The number of anilines is 1. The van der Waals surface area contributed by atoms with Crippen molar-refractivity contribution in [3.05, 3.63) is 53.5 Å². The van der Waals surface area contributed by atoms with Crippen molar-refractivity contribution in [1.29, 1.82) is 0 Å². The SMILES string of the molecule is Cc1occc1CN(C)C(=O)C1CNc2ccccc2C1. The van der Waals surface area contributed by atoms with Crippen molar-refractivity contribution in [2.75, 3.05) is 18.9 Å². The molecular formula is C17H20N2O2. The Morgan fingerprint density at radius 3 is 2.95 bits per heavy atom. The third-order valence-corrected chi connectivity index (χ3v) is 4.12. The van der Waals surface area contributed by atoms with Gasteiger partial charge in [0, 0.05) is 31.4 Å². The van der Waals surface area contributed by atoms with Gasteiger partial charge in [-0.1, -0.05) is 18.2 Å². The zero-order valence-electron chi connectivity index (χ0n) is 12.4. The van der Waals surface area contributed by atoms with Crippen LogP contribution in [0.4, 0.5) is 5.69 Å². The summed E-state index contributed by atoms with van der Waals surface area (Å²) < 4.78 is 5.29. The Bertz CT molecular complexity index is 648. The van der Waals surface area contributed by atoms with E-state index in [-0.39, 0.29) is 11.8 Å². The lowest BCUT2D eigenvalue weighted by Crippen LogP contribution is -2.39. The average Bonchev–Trinajstić information content (AvgIpc) is 2.91. The Balaban J connectivity index is 1.67. The minimum Gasteiger partial charge on any atom is -0.469 e. The number of carbonyl (C=O) groups is 1. The van der Waals surface area contributed by atoms with Crippen LogP contribution < -0.4 is 5.32 Å². The molecule has 0 radical (unpaired) electrons. The molecule has 1 unspecified atom stereocenters. The van der Waals surface area contributed by atoms with Gasteiger partial charge in [0.15, 0.2) is 0 Å². The minimum absolute atomic E-state index is 0.00268. The number of benzene rings is 1. The smallest absolute Gasteiger partial charge is 0.227 e. The summed E-state index contributed by atoms with van der Waals surface area (Å²) in [6.07, 6.45) is 2.47. The largest absolute Gasteiger partial charge is 0.469 e. The molecule has 2 heterocycles. The van der Waals surface area contributed by atoms with E-state index < -0.39 is 0 Å². The summed E-state index contributed by atoms with van der Waals surface area (Å²) >= 11 is 0. The van der Waals surface area contributed by atoms with Gasteiger partial charge in [-0.25, -0.2) is 0 Å². The number of nitrogens with one attached hydrogen (secondary N) is 1. The highest BCUT2D eigenvalue weighted by molar-refractivity contribution is 5.80. The maximum absolute atomic E-state index is 12.6. The second kappa shape index (κ2) is 5.64. The molecule has 4 heteroatoms. The van der Waals surface area contributed by atoms with E-state index >= 15 is 0 Å². The van der Waals surface area contributed by atoms with Crippen LogP contribution in [-0.4, -0.2) is 24.4 Å². The number of hydrogen-bond acceptors (Lipinski definition) is 3. The quantitative estimate of drug-likeness (QED) is 0.942. The molecule has 21 heavy (non-hydrogen) atoms. The second-order valence-corrected chi connectivity index (χ2v) is 5.64. The third kappa shape index (κ3) is 2.79. The first-order valence-corrected chi connectivity index (χ1v) is 7.25. The van der Waals surface area contributed by atoms with Gasteiger partial charge in [-0.2, -0.15) is 0 Å². The molecule has 0 saturated heterocycles. The highest BCUT2D eigenvalue weighted by atomic mass is 16.3. The lowest BCUT2D eigenvalue weighted by atomic mass is 9.93. The highest BCUT2D eigenvalue weighted by Gasteiger charge is 2.26. The van der Waals surface area contributed by atoms with Crippen molar-refractivity contribution in [1.82, 2.24) is 4.90 Å². The molecule has 0 spiro atoms. The number of aryl methyl sites for hydroxylation is 1. The van der Waals surface area contributed by atoms with E-state index in [0.29, 0.717) is 13.1 Å². The van der Waals surface area contributed by atoms with E-state index in [0.717, 1.165) is 23.4 Å². The van der Waals surface area contributed by atoms with Gasteiger partial charge in [0.1, 0.15) is 5.76 Å². The molecule has 0 saturated carbocycles. The van der Waals surface area contributed by atoms with Crippen molar-refractivity contribution in [2.24, 2.45) is 5.92 Å². The predicted molar refractivity (Wildman–Crippen MR) is 82.0 cm³/mol. The van der Waals surface area contributed by atoms with Crippen LogP contribution in [0.25, 0.3) is 0 Å². The molecular weight excluding hydrogens is 264 g/mol.